The minimum Gasteiger partial charge on any atom is -0.477 e. The maximum Gasteiger partial charge on any atom is 0.345 e. The second-order valence-corrected chi connectivity index (χ2v) is 3.22. The number of aromatic carboxylic acids is 1. The fourth-order valence-electron chi connectivity index (χ4n) is 1.18. The molecule has 0 aliphatic heterocycles. The first-order chi connectivity index (χ1) is 7.82. The molecule has 1 rings (SSSR count). The Hall–Kier alpha value is -1.83. The van der Waals surface area contributed by atoms with E-state index in [0.717, 1.165) is 0 Å². The van der Waals surface area contributed by atoms with Crippen molar-refractivity contribution in [3.05, 3.63) is 37.9 Å². The van der Waals surface area contributed by atoms with E-state index in [-0.39, 0.29) is 0 Å². The van der Waals surface area contributed by atoms with Crippen LogP contribution in [-0.2, 0) is 6.67 Å². The number of halogens is 4. The average Bonchev–Trinajstić information content (AvgIpc) is 2.22. The average molecular weight is 270 g/mol. The van der Waals surface area contributed by atoms with Crippen LogP contribution in [0.25, 0.3) is 0 Å². The molecule has 5 nitrogen and oxygen atoms in total. The molecular weight excluding hydrogens is 267 g/mol. The molecule has 0 aliphatic carbocycles. The van der Waals surface area contributed by atoms with E-state index in [4.69, 9.17) is 16.7 Å². The van der Waals surface area contributed by atoms with Crippen molar-refractivity contribution >= 4 is 23.3 Å². The van der Waals surface area contributed by atoms with Crippen molar-refractivity contribution in [3.8, 4) is 0 Å². The van der Waals surface area contributed by atoms with Crippen molar-refractivity contribution in [2.45, 2.75) is 6.67 Å². The molecule has 92 valence electrons. The van der Waals surface area contributed by atoms with Gasteiger partial charge in [0.1, 0.15) is 6.67 Å². The molecule has 0 bridgehead atoms. The lowest BCUT2D eigenvalue weighted by Crippen LogP contribution is -2.11. The monoisotopic (exact) mass is 269 g/mol. The molecule has 0 amide bonds. The standard InChI is InChI=1S/C8H3ClF3NO4/c9-4-2(1-10)5(11)7(13(16)17)3(6(4)12)8(14)15/h1H2,(H,14,15). The van der Waals surface area contributed by atoms with E-state index in [2.05, 4.69) is 0 Å². The van der Waals surface area contributed by atoms with E-state index in [1.165, 1.54) is 0 Å². The summed E-state index contributed by atoms with van der Waals surface area (Å²) >= 11 is 5.18. The van der Waals surface area contributed by atoms with Gasteiger partial charge in [-0.3, -0.25) is 10.1 Å². The zero-order valence-corrected chi connectivity index (χ0v) is 8.59. The summed E-state index contributed by atoms with van der Waals surface area (Å²) < 4.78 is 39.1. The Morgan fingerprint density at radius 1 is 1.41 bits per heavy atom. The molecule has 1 N–H and O–H groups in total. The maximum absolute atomic E-state index is 13.4. The summed E-state index contributed by atoms with van der Waals surface area (Å²) in [5.41, 5.74) is -4.26. The fourth-order valence-corrected chi connectivity index (χ4v) is 1.41. The lowest BCUT2D eigenvalue weighted by atomic mass is 10.1. The summed E-state index contributed by atoms with van der Waals surface area (Å²) in [6.07, 6.45) is 0. The van der Waals surface area contributed by atoms with E-state index < -0.39 is 51.0 Å². The zero-order valence-electron chi connectivity index (χ0n) is 7.84. The van der Waals surface area contributed by atoms with Crippen LogP contribution in [0, 0.1) is 21.7 Å². The Morgan fingerprint density at radius 3 is 2.29 bits per heavy atom. The van der Waals surface area contributed by atoms with Crippen LogP contribution in [0.4, 0.5) is 18.9 Å². The number of hydrogen-bond donors (Lipinski definition) is 1. The van der Waals surface area contributed by atoms with E-state index >= 15 is 0 Å². The highest BCUT2D eigenvalue weighted by Crippen LogP contribution is 2.35. The van der Waals surface area contributed by atoms with Gasteiger partial charge >= 0.3 is 11.7 Å². The van der Waals surface area contributed by atoms with Crippen molar-refractivity contribution < 1.29 is 28.0 Å². The number of carboxylic acid groups (broad SMARTS) is 1. The predicted octanol–water partition coefficient (Wildman–Crippen LogP) is 2.69. The first-order valence-corrected chi connectivity index (χ1v) is 4.33. The van der Waals surface area contributed by atoms with Gasteiger partial charge in [-0.25, -0.2) is 13.6 Å². The minimum atomic E-state index is -2.07. The van der Waals surface area contributed by atoms with Crippen LogP contribution in [0.2, 0.25) is 5.02 Å². The smallest absolute Gasteiger partial charge is 0.345 e. The quantitative estimate of drug-likeness (QED) is 0.520. The Labute approximate surface area is 96.6 Å². The third kappa shape index (κ3) is 2.03. The second kappa shape index (κ2) is 4.58. The molecule has 0 aliphatic rings. The molecule has 0 saturated heterocycles. The number of nitro benzene ring substituents is 1. The SMILES string of the molecule is O=C(O)c1c(F)c(Cl)c(CF)c(F)c1[N+](=O)[O-]. The van der Waals surface area contributed by atoms with Crippen LogP contribution < -0.4 is 0 Å². The lowest BCUT2D eigenvalue weighted by Gasteiger charge is -2.07. The molecule has 1 aromatic rings. The van der Waals surface area contributed by atoms with E-state index in [1.807, 2.05) is 0 Å². The number of nitrogens with zero attached hydrogens (tertiary/aromatic N) is 1. The molecule has 0 radical (unpaired) electrons. The van der Waals surface area contributed by atoms with Crippen molar-refractivity contribution in [1.82, 2.24) is 0 Å². The first kappa shape index (κ1) is 13.2. The molecule has 0 aromatic heterocycles. The van der Waals surface area contributed by atoms with E-state index in [9.17, 15) is 28.1 Å². The summed E-state index contributed by atoms with van der Waals surface area (Å²) in [6, 6.07) is 0. The molecule has 0 fully saturated rings. The number of benzene rings is 1. The largest absolute Gasteiger partial charge is 0.477 e. The molecule has 0 heterocycles. The van der Waals surface area contributed by atoms with Gasteiger partial charge in [-0.15, -0.1) is 0 Å². The molecule has 0 spiro atoms. The topological polar surface area (TPSA) is 80.4 Å². The number of nitro groups is 1. The van der Waals surface area contributed by atoms with Gasteiger partial charge in [-0.1, -0.05) is 11.6 Å². The Balaban J connectivity index is 3.84. The van der Waals surface area contributed by atoms with Gasteiger partial charge in [-0.2, -0.15) is 4.39 Å². The van der Waals surface area contributed by atoms with Crippen molar-refractivity contribution in [3.63, 3.8) is 0 Å². The van der Waals surface area contributed by atoms with Crippen LogP contribution >= 0.6 is 11.6 Å². The van der Waals surface area contributed by atoms with Gasteiger partial charge in [-0.05, 0) is 0 Å². The molecule has 0 saturated carbocycles. The lowest BCUT2D eigenvalue weighted by molar-refractivity contribution is -0.388. The summed E-state index contributed by atoms with van der Waals surface area (Å²) in [7, 11) is 0. The van der Waals surface area contributed by atoms with Crippen LogP contribution in [0.3, 0.4) is 0 Å². The third-order valence-electron chi connectivity index (χ3n) is 1.92. The molecule has 0 unspecified atom stereocenters. The van der Waals surface area contributed by atoms with Crippen LogP contribution in [0.5, 0.6) is 0 Å². The van der Waals surface area contributed by atoms with Gasteiger partial charge < -0.3 is 5.11 Å². The zero-order chi connectivity index (χ0) is 13.3. The van der Waals surface area contributed by atoms with Crippen molar-refractivity contribution in [1.29, 1.82) is 0 Å². The number of carboxylic acids is 1. The van der Waals surface area contributed by atoms with Gasteiger partial charge in [0.15, 0.2) is 11.4 Å². The van der Waals surface area contributed by atoms with Crippen LogP contribution in [0.1, 0.15) is 15.9 Å². The minimum absolute atomic E-state index is 1.08. The molecule has 17 heavy (non-hydrogen) atoms. The van der Waals surface area contributed by atoms with Gasteiger partial charge in [0, 0.05) is 5.56 Å². The molecule has 1 aromatic carbocycles. The highest BCUT2D eigenvalue weighted by molar-refractivity contribution is 6.32. The van der Waals surface area contributed by atoms with Gasteiger partial charge in [0.2, 0.25) is 5.82 Å². The predicted molar refractivity (Wildman–Crippen MR) is 49.8 cm³/mol. The fraction of sp³-hybridized carbons (Fsp3) is 0.125. The Morgan fingerprint density at radius 2 is 1.94 bits per heavy atom. The number of hydrogen-bond acceptors (Lipinski definition) is 3. The van der Waals surface area contributed by atoms with Crippen LogP contribution in [-0.4, -0.2) is 16.0 Å². The summed E-state index contributed by atoms with van der Waals surface area (Å²) in [5, 5.41) is 17.9. The highest BCUT2D eigenvalue weighted by Gasteiger charge is 2.34. The van der Waals surface area contributed by atoms with Gasteiger partial charge in [0.25, 0.3) is 0 Å². The molecular formula is C8H3ClF3NO4. The Kier molecular flexibility index (Phi) is 3.56. The highest BCUT2D eigenvalue weighted by atomic mass is 35.5. The first-order valence-electron chi connectivity index (χ1n) is 3.95. The second-order valence-electron chi connectivity index (χ2n) is 2.84. The number of rotatable bonds is 3. The number of carbonyl (C=O) groups is 1. The summed E-state index contributed by atoms with van der Waals surface area (Å²) in [5.74, 6) is -5.60. The summed E-state index contributed by atoms with van der Waals surface area (Å²) in [4.78, 5) is 19.6. The third-order valence-corrected chi connectivity index (χ3v) is 2.31. The maximum atomic E-state index is 13.4. The normalized spacial score (nSPS) is 10.4. The Bertz CT molecular complexity index is 520. The molecule has 9 heteroatoms. The van der Waals surface area contributed by atoms with Gasteiger partial charge in [0.05, 0.1) is 9.95 Å². The number of alkyl halides is 1. The van der Waals surface area contributed by atoms with Crippen molar-refractivity contribution in [2.75, 3.05) is 0 Å². The van der Waals surface area contributed by atoms with E-state index in [1.54, 1.807) is 0 Å². The van der Waals surface area contributed by atoms with Crippen LogP contribution in [0.15, 0.2) is 0 Å². The molecule has 0 atom stereocenters. The summed E-state index contributed by atoms with van der Waals surface area (Å²) in [6.45, 7) is -1.59. The van der Waals surface area contributed by atoms with Crippen molar-refractivity contribution in [2.24, 2.45) is 0 Å². The van der Waals surface area contributed by atoms with E-state index in [0.29, 0.717) is 0 Å².